The Morgan fingerprint density at radius 2 is 1.68 bits per heavy atom. The number of rotatable bonds is 6. The van der Waals surface area contributed by atoms with Crippen molar-refractivity contribution in [3.05, 3.63) is 77.9 Å². The fourth-order valence-corrected chi connectivity index (χ4v) is 5.53. The van der Waals surface area contributed by atoms with E-state index in [-0.39, 0.29) is 4.90 Å². The summed E-state index contributed by atoms with van der Waals surface area (Å²) in [5.41, 5.74) is 5.59. The molecule has 6 nitrogen and oxygen atoms in total. The summed E-state index contributed by atoms with van der Waals surface area (Å²) in [6.07, 6.45) is 0. The van der Waals surface area contributed by atoms with Crippen molar-refractivity contribution in [2.24, 2.45) is 0 Å². The second-order valence-electron chi connectivity index (χ2n) is 9.06. The van der Waals surface area contributed by atoms with Gasteiger partial charge in [-0.1, -0.05) is 35.9 Å². The number of hydrogen-bond donors (Lipinski definition) is 1. The van der Waals surface area contributed by atoms with E-state index in [1.165, 1.54) is 0 Å². The zero-order valence-corrected chi connectivity index (χ0v) is 20.6. The lowest BCUT2D eigenvalue weighted by Gasteiger charge is -2.13. The van der Waals surface area contributed by atoms with Gasteiger partial charge in [0.1, 0.15) is 5.65 Å². The first kappa shape index (κ1) is 22.4. The van der Waals surface area contributed by atoms with Crippen LogP contribution in [-0.4, -0.2) is 43.5 Å². The summed E-state index contributed by atoms with van der Waals surface area (Å²) < 4.78 is 30.8. The maximum Gasteiger partial charge on any atom is 0.261 e. The summed E-state index contributed by atoms with van der Waals surface area (Å²) in [7, 11) is 0.462. The van der Waals surface area contributed by atoms with Crippen LogP contribution in [0.3, 0.4) is 0 Å². The molecule has 0 radical (unpaired) electrons. The zero-order chi connectivity index (χ0) is 24.0. The topological polar surface area (TPSA) is 67.2 Å². The third-order valence-corrected chi connectivity index (χ3v) is 7.70. The Balaban J connectivity index is 1.64. The maximum atomic E-state index is 12.9. The van der Waals surface area contributed by atoms with Gasteiger partial charge in [-0.25, -0.2) is 13.4 Å². The highest BCUT2D eigenvalue weighted by molar-refractivity contribution is 7.92. The van der Waals surface area contributed by atoms with Crippen LogP contribution in [0.25, 0.3) is 32.8 Å². The number of hydrogen-bond acceptors (Lipinski definition) is 4. The van der Waals surface area contributed by atoms with E-state index in [0.29, 0.717) is 5.69 Å². The number of aromatic nitrogens is 2. The minimum atomic E-state index is -3.68. The van der Waals surface area contributed by atoms with E-state index in [4.69, 9.17) is 4.98 Å². The molecule has 0 atom stereocenters. The fraction of sp³-hybridized carbons (Fsp3) is 0.222. The van der Waals surface area contributed by atoms with E-state index < -0.39 is 10.0 Å². The van der Waals surface area contributed by atoms with Crippen molar-refractivity contribution in [3.8, 4) is 0 Å². The second-order valence-corrected chi connectivity index (χ2v) is 10.7. The Morgan fingerprint density at radius 3 is 2.41 bits per heavy atom. The SMILES string of the molecule is Cc1ccc(S(=O)(=O)Nc2ccc3nc4c(c(C)c3c2)c2ccccc2n4CCN(C)C)cc1. The molecule has 0 aliphatic rings. The number of fused-ring (bicyclic) bond motifs is 4. The van der Waals surface area contributed by atoms with Gasteiger partial charge in [-0.05, 0) is 69.9 Å². The molecule has 2 aromatic heterocycles. The number of anilines is 1. The Bertz CT molecular complexity index is 1640. The van der Waals surface area contributed by atoms with E-state index in [1.54, 1.807) is 30.3 Å². The van der Waals surface area contributed by atoms with Gasteiger partial charge in [0, 0.05) is 34.9 Å². The van der Waals surface area contributed by atoms with Crippen LogP contribution in [0, 0.1) is 13.8 Å². The lowest BCUT2D eigenvalue weighted by molar-refractivity contribution is 0.389. The quantitative estimate of drug-likeness (QED) is 0.363. The number of pyridine rings is 1. The van der Waals surface area contributed by atoms with Crippen molar-refractivity contribution >= 4 is 48.5 Å². The molecule has 0 aliphatic heterocycles. The minimum absolute atomic E-state index is 0.243. The number of nitrogens with zero attached hydrogens (tertiary/aromatic N) is 3. The van der Waals surface area contributed by atoms with Crippen LogP contribution in [0.15, 0.2) is 71.6 Å². The molecule has 7 heteroatoms. The van der Waals surface area contributed by atoms with Crippen LogP contribution in [-0.2, 0) is 16.6 Å². The zero-order valence-electron chi connectivity index (χ0n) is 19.8. The van der Waals surface area contributed by atoms with Crippen molar-refractivity contribution in [3.63, 3.8) is 0 Å². The number of benzene rings is 3. The number of sulfonamides is 1. The molecule has 0 saturated heterocycles. The third-order valence-electron chi connectivity index (χ3n) is 6.30. The third kappa shape index (κ3) is 3.91. The molecule has 0 spiro atoms. The number of aryl methyl sites for hydroxylation is 2. The summed E-state index contributed by atoms with van der Waals surface area (Å²) in [5.74, 6) is 0. The van der Waals surface area contributed by atoms with Crippen LogP contribution in [0.4, 0.5) is 5.69 Å². The highest BCUT2D eigenvalue weighted by Crippen LogP contribution is 2.35. The van der Waals surface area contributed by atoms with Crippen molar-refractivity contribution in [1.82, 2.24) is 14.5 Å². The van der Waals surface area contributed by atoms with Gasteiger partial charge in [-0.3, -0.25) is 4.72 Å². The standard InChI is InChI=1S/C27H28N4O2S/c1-18-9-12-21(13-10-18)34(32,33)29-20-11-14-24-23(17-20)19(2)26-22-7-5-6-8-25(22)31(27(26)28-24)16-15-30(3)4/h5-14,17,29H,15-16H2,1-4H3. The Hall–Kier alpha value is -3.42. The molecular formula is C27H28N4O2S. The molecule has 1 N–H and O–H groups in total. The van der Waals surface area contributed by atoms with E-state index in [9.17, 15) is 8.42 Å². The fourth-order valence-electron chi connectivity index (χ4n) is 4.48. The van der Waals surface area contributed by atoms with Crippen LogP contribution in [0.5, 0.6) is 0 Å². The van der Waals surface area contributed by atoms with Gasteiger partial charge in [0.25, 0.3) is 10.0 Å². The molecule has 0 unspecified atom stereocenters. The second kappa shape index (κ2) is 8.42. The number of nitrogens with one attached hydrogen (secondary N) is 1. The first-order chi connectivity index (χ1) is 16.2. The molecule has 0 fully saturated rings. The van der Waals surface area contributed by atoms with Gasteiger partial charge in [0.05, 0.1) is 15.9 Å². The van der Waals surface area contributed by atoms with Crippen LogP contribution in [0.2, 0.25) is 0 Å². The lowest BCUT2D eigenvalue weighted by Crippen LogP contribution is -2.18. The molecule has 0 aliphatic carbocycles. The normalized spacial score (nSPS) is 12.3. The summed E-state index contributed by atoms with van der Waals surface area (Å²) in [4.78, 5) is 7.44. The summed E-state index contributed by atoms with van der Waals surface area (Å²) in [5, 5.41) is 3.21. The summed E-state index contributed by atoms with van der Waals surface area (Å²) in [6.45, 7) is 5.77. The number of para-hydroxylation sites is 1. The van der Waals surface area contributed by atoms with E-state index in [1.807, 2.05) is 25.1 Å². The Kier molecular flexibility index (Phi) is 5.54. The molecule has 0 saturated carbocycles. The molecular weight excluding hydrogens is 444 g/mol. The largest absolute Gasteiger partial charge is 0.324 e. The van der Waals surface area contributed by atoms with Gasteiger partial charge < -0.3 is 9.47 Å². The molecule has 2 heterocycles. The number of likely N-dealkylation sites (N-methyl/N-ethyl adjacent to an activating group) is 1. The minimum Gasteiger partial charge on any atom is -0.324 e. The average Bonchev–Trinajstić information content (AvgIpc) is 3.12. The lowest BCUT2D eigenvalue weighted by atomic mass is 10.0. The van der Waals surface area contributed by atoms with E-state index in [0.717, 1.165) is 57.1 Å². The van der Waals surface area contributed by atoms with Crippen molar-refractivity contribution < 1.29 is 8.42 Å². The van der Waals surface area contributed by atoms with Gasteiger partial charge >= 0.3 is 0 Å². The monoisotopic (exact) mass is 472 g/mol. The average molecular weight is 473 g/mol. The van der Waals surface area contributed by atoms with E-state index >= 15 is 0 Å². The first-order valence-electron chi connectivity index (χ1n) is 11.3. The predicted molar refractivity (Wildman–Crippen MR) is 140 cm³/mol. The molecule has 0 bridgehead atoms. The molecule has 34 heavy (non-hydrogen) atoms. The predicted octanol–water partition coefficient (Wildman–Crippen LogP) is 5.32. The van der Waals surface area contributed by atoms with Crippen LogP contribution in [0.1, 0.15) is 11.1 Å². The van der Waals surface area contributed by atoms with Gasteiger partial charge in [0.15, 0.2) is 0 Å². The van der Waals surface area contributed by atoms with Crippen molar-refractivity contribution in [1.29, 1.82) is 0 Å². The molecule has 5 aromatic rings. The smallest absolute Gasteiger partial charge is 0.261 e. The molecule has 3 aromatic carbocycles. The highest BCUT2D eigenvalue weighted by atomic mass is 32.2. The Morgan fingerprint density at radius 1 is 0.941 bits per heavy atom. The van der Waals surface area contributed by atoms with Crippen molar-refractivity contribution in [2.75, 3.05) is 25.4 Å². The van der Waals surface area contributed by atoms with Gasteiger partial charge in [-0.15, -0.1) is 0 Å². The highest BCUT2D eigenvalue weighted by Gasteiger charge is 2.18. The van der Waals surface area contributed by atoms with Crippen molar-refractivity contribution in [2.45, 2.75) is 25.3 Å². The van der Waals surface area contributed by atoms with E-state index in [2.05, 4.69) is 53.4 Å². The summed E-state index contributed by atoms with van der Waals surface area (Å²) >= 11 is 0. The van der Waals surface area contributed by atoms with Gasteiger partial charge in [0.2, 0.25) is 0 Å². The summed E-state index contributed by atoms with van der Waals surface area (Å²) in [6, 6.07) is 20.8. The first-order valence-corrected chi connectivity index (χ1v) is 12.8. The van der Waals surface area contributed by atoms with Gasteiger partial charge in [-0.2, -0.15) is 0 Å². The maximum absolute atomic E-state index is 12.9. The van der Waals surface area contributed by atoms with Crippen LogP contribution >= 0.6 is 0 Å². The molecule has 0 amide bonds. The molecule has 174 valence electrons. The van der Waals surface area contributed by atoms with Crippen LogP contribution < -0.4 is 4.72 Å². The molecule has 5 rings (SSSR count). The Labute approximate surface area is 199 Å².